The molecule has 1 saturated carbocycles. The number of hydrogen-bond acceptors (Lipinski definition) is 2. The molecule has 0 saturated heterocycles. The zero-order valence-corrected chi connectivity index (χ0v) is 10.6. The third-order valence-electron chi connectivity index (χ3n) is 3.21. The van der Waals surface area contributed by atoms with Gasteiger partial charge in [-0.15, -0.1) is 12.6 Å². The van der Waals surface area contributed by atoms with Gasteiger partial charge in [-0.25, -0.2) is 4.39 Å². The largest absolute Gasteiger partial charge is 0.352 e. The van der Waals surface area contributed by atoms with E-state index in [1.165, 1.54) is 31.0 Å². The molecule has 2 nitrogen and oxygen atoms in total. The van der Waals surface area contributed by atoms with Gasteiger partial charge in [0.1, 0.15) is 5.82 Å². The van der Waals surface area contributed by atoms with E-state index in [1.54, 1.807) is 0 Å². The summed E-state index contributed by atoms with van der Waals surface area (Å²) in [5.74, 6) is 0.350. The highest BCUT2D eigenvalue weighted by molar-refractivity contribution is 7.80. The van der Waals surface area contributed by atoms with E-state index in [0.29, 0.717) is 17.4 Å². The number of amides is 1. The van der Waals surface area contributed by atoms with E-state index >= 15 is 0 Å². The van der Waals surface area contributed by atoms with Crippen LogP contribution in [0.25, 0.3) is 0 Å². The van der Waals surface area contributed by atoms with Crippen molar-refractivity contribution in [1.29, 1.82) is 0 Å². The molecule has 1 aromatic carbocycles. The minimum Gasteiger partial charge on any atom is -0.352 e. The molecule has 0 aromatic heterocycles. The van der Waals surface area contributed by atoms with Gasteiger partial charge in [0.15, 0.2) is 0 Å². The molecular weight excluding hydrogens is 237 g/mol. The monoisotopic (exact) mass is 253 g/mol. The van der Waals surface area contributed by atoms with E-state index in [9.17, 15) is 9.18 Å². The maximum atomic E-state index is 13.4. The molecule has 0 spiro atoms. The van der Waals surface area contributed by atoms with Gasteiger partial charge >= 0.3 is 0 Å². The summed E-state index contributed by atoms with van der Waals surface area (Å²) in [6, 6.07) is 4.25. The number of rotatable bonds is 4. The maximum absolute atomic E-state index is 13.4. The van der Waals surface area contributed by atoms with E-state index in [4.69, 9.17) is 0 Å². The van der Waals surface area contributed by atoms with Crippen LogP contribution >= 0.6 is 12.6 Å². The van der Waals surface area contributed by atoms with Crippen LogP contribution in [-0.2, 0) is 0 Å². The van der Waals surface area contributed by atoms with Crippen molar-refractivity contribution in [3.05, 3.63) is 29.6 Å². The second-order valence-electron chi connectivity index (χ2n) is 4.69. The van der Waals surface area contributed by atoms with Gasteiger partial charge in [-0.05, 0) is 42.9 Å². The van der Waals surface area contributed by atoms with Crippen molar-refractivity contribution in [2.24, 2.45) is 11.8 Å². The summed E-state index contributed by atoms with van der Waals surface area (Å²) < 4.78 is 13.4. The molecule has 0 bridgehead atoms. The van der Waals surface area contributed by atoms with Gasteiger partial charge in [0.05, 0.1) is 5.56 Å². The molecule has 0 heterocycles. The molecule has 1 N–H and O–H groups in total. The van der Waals surface area contributed by atoms with Crippen LogP contribution in [0.2, 0.25) is 0 Å². The van der Waals surface area contributed by atoms with Crippen molar-refractivity contribution in [2.75, 3.05) is 6.54 Å². The lowest BCUT2D eigenvalue weighted by Gasteiger charge is -2.11. The summed E-state index contributed by atoms with van der Waals surface area (Å²) in [6.45, 7) is 2.73. The summed E-state index contributed by atoms with van der Waals surface area (Å²) in [5, 5.41) is 2.78. The van der Waals surface area contributed by atoms with E-state index in [1.807, 2.05) is 0 Å². The quantitative estimate of drug-likeness (QED) is 0.794. The molecule has 2 rings (SSSR count). The highest BCUT2D eigenvalue weighted by atomic mass is 32.1. The first-order valence-corrected chi connectivity index (χ1v) is 6.29. The summed E-state index contributed by atoms with van der Waals surface area (Å²) in [7, 11) is 0. The molecule has 1 aromatic rings. The number of thiol groups is 1. The minimum atomic E-state index is -0.501. The Kier molecular flexibility index (Phi) is 3.72. The zero-order valence-electron chi connectivity index (χ0n) is 9.74. The Morgan fingerprint density at radius 2 is 2.29 bits per heavy atom. The van der Waals surface area contributed by atoms with Crippen LogP contribution in [0.15, 0.2) is 23.1 Å². The van der Waals surface area contributed by atoms with E-state index in [-0.39, 0.29) is 11.5 Å². The average Bonchev–Trinajstić information content (AvgIpc) is 3.12. The van der Waals surface area contributed by atoms with Gasteiger partial charge in [0, 0.05) is 11.4 Å². The Hall–Kier alpha value is -1.03. The van der Waals surface area contributed by atoms with Crippen LogP contribution in [0.5, 0.6) is 0 Å². The second-order valence-corrected chi connectivity index (χ2v) is 5.21. The normalized spacial score (nSPS) is 16.6. The van der Waals surface area contributed by atoms with Crippen molar-refractivity contribution in [3.8, 4) is 0 Å². The number of nitrogens with one attached hydrogen (secondary N) is 1. The molecule has 17 heavy (non-hydrogen) atoms. The fourth-order valence-corrected chi connectivity index (χ4v) is 2.07. The Morgan fingerprint density at radius 3 is 2.94 bits per heavy atom. The standard InChI is InChI=1S/C13H16FNOS/c1-8(9-2-3-9)7-15-13(16)11-6-10(17)4-5-12(11)14/h4-6,8-9,17H,2-3,7H2,1H3,(H,15,16). The first kappa shape index (κ1) is 12.4. The topological polar surface area (TPSA) is 29.1 Å². The highest BCUT2D eigenvalue weighted by Gasteiger charge is 2.28. The van der Waals surface area contributed by atoms with E-state index in [0.717, 1.165) is 5.92 Å². The smallest absolute Gasteiger partial charge is 0.254 e. The summed E-state index contributed by atoms with van der Waals surface area (Å²) in [5.41, 5.74) is 0.0699. The van der Waals surface area contributed by atoms with Gasteiger partial charge in [0.2, 0.25) is 0 Å². The number of benzene rings is 1. The first-order chi connectivity index (χ1) is 8.08. The molecule has 4 heteroatoms. The molecular formula is C13H16FNOS. The fourth-order valence-electron chi connectivity index (χ4n) is 1.87. The predicted molar refractivity (Wildman–Crippen MR) is 67.9 cm³/mol. The van der Waals surface area contributed by atoms with Crippen molar-refractivity contribution in [1.82, 2.24) is 5.32 Å². The van der Waals surface area contributed by atoms with E-state index in [2.05, 4.69) is 24.9 Å². The molecule has 1 aliphatic carbocycles. The van der Waals surface area contributed by atoms with Crippen molar-refractivity contribution in [3.63, 3.8) is 0 Å². The van der Waals surface area contributed by atoms with Gasteiger partial charge in [0.25, 0.3) is 5.91 Å². The molecule has 0 aliphatic heterocycles. The third kappa shape index (κ3) is 3.22. The third-order valence-corrected chi connectivity index (χ3v) is 3.48. The number of carbonyl (C=O) groups is 1. The van der Waals surface area contributed by atoms with Crippen molar-refractivity contribution >= 4 is 18.5 Å². The second kappa shape index (κ2) is 5.08. The lowest BCUT2D eigenvalue weighted by atomic mass is 10.1. The molecule has 1 unspecified atom stereocenters. The Bertz CT molecular complexity index is 431. The van der Waals surface area contributed by atoms with Crippen LogP contribution in [0.3, 0.4) is 0 Å². The average molecular weight is 253 g/mol. The fraction of sp³-hybridized carbons (Fsp3) is 0.462. The summed E-state index contributed by atoms with van der Waals surface area (Å²) >= 11 is 4.10. The van der Waals surface area contributed by atoms with Crippen molar-refractivity contribution < 1.29 is 9.18 Å². The molecule has 0 radical (unpaired) electrons. The zero-order chi connectivity index (χ0) is 12.4. The molecule has 92 valence electrons. The Balaban J connectivity index is 1.96. The van der Waals surface area contributed by atoms with E-state index < -0.39 is 5.82 Å². The highest BCUT2D eigenvalue weighted by Crippen LogP contribution is 2.36. The molecule has 1 amide bonds. The lowest BCUT2D eigenvalue weighted by Crippen LogP contribution is -2.29. The van der Waals surface area contributed by atoms with Crippen molar-refractivity contribution in [2.45, 2.75) is 24.7 Å². The van der Waals surface area contributed by atoms with Crippen LogP contribution in [0.4, 0.5) is 4.39 Å². The minimum absolute atomic E-state index is 0.0699. The Labute approximate surface area is 106 Å². The number of carbonyl (C=O) groups excluding carboxylic acids is 1. The van der Waals surface area contributed by atoms with Gasteiger partial charge < -0.3 is 5.32 Å². The number of halogens is 1. The van der Waals surface area contributed by atoms with Gasteiger partial charge in [-0.3, -0.25) is 4.79 Å². The molecule has 1 aliphatic rings. The SMILES string of the molecule is CC(CNC(=O)c1cc(S)ccc1F)C1CC1. The summed E-state index contributed by atoms with van der Waals surface area (Å²) in [4.78, 5) is 12.4. The number of hydrogen-bond donors (Lipinski definition) is 2. The predicted octanol–water partition coefficient (Wildman–Crippen LogP) is 2.89. The van der Waals surface area contributed by atoms with Crippen LogP contribution in [-0.4, -0.2) is 12.5 Å². The Morgan fingerprint density at radius 1 is 1.59 bits per heavy atom. The van der Waals surface area contributed by atoms with Crippen LogP contribution in [0, 0.1) is 17.7 Å². The molecule has 1 atom stereocenters. The summed E-state index contributed by atoms with van der Waals surface area (Å²) in [6.07, 6.45) is 2.50. The lowest BCUT2D eigenvalue weighted by molar-refractivity contribution is 0.0942. The van der Waals surface area contributed by atoms with Gasteiger partial charge in [-0.1, -0.05) is 6.92 Å². The first-order valence-electron chi connectivity index (χ1n) is 5.84. The van der Waals surface area contributed by atoms with Gasteiger partial charge in [-0.2, -0.15) is 0 Å². The van der Waals surface area contributed by atoms with Crippen LogP contribution < -0.4 is 5.32 Å². The molecule has 1 fully saturated rings. The maximum Gasteiger partial charge on any atom is 0.254 e. The van der Waals surface area contributed by atoms with Crippen LogP contribution in [0.1, 0.15) is 30.1 Å².